The zero-order chi connectivity index (χ0) is 13.9. The third-order valence-corrected chi connectivity index (χ3v) is 3.66. The molecule has 20 heavy (non-hydrogen) atoms. The summed E-state index contributed by atoms with van der Waals surface area (Å²) in [5.41, 5.74) is 1.03. The number of carboxylic acids is 1. The second-order valence-corrected chi connectivity index (χ2v) is 4.94. The van der Waals surface area contributed by atoms with E-state index in [9.17, 15) is 9.90 Å². The second-order valence-electron chi connectivity index (χ2n) is 4.94. The van der Waals surface area contributed by atoms with E-state index in [2.05, 4.69) is 15.1 Å². The van der Waals surface area contributed by atoms with Gasteiger partial charge in [0.1, 0.15) is 12.2 Å². The van der Waals surface area contributed by atoms with Crippen molar-refractivity contribution in [2.24, 2.45) is 0 Å². The zero-order valence-corrected chi connectivity index (χ0v) is 11.0. The van der Waals surface area contributed by atoms with Crippen molar-refractivity contribution in [2.45, 2.75) is 25.6 Å². The monoisotopic (exact) mass is 272 g/mol. The average molecular weight is 272 g/mol. The van der Waals surface area contributed by atoms with E-state index in [1.54, 1.807) is 6.33 Å². The summed E-state index contributed by atoms with van der Waals surface area (Å²) in [4.78, 5) is 13.3. The molecule has 1 N–H and O–H groups in total. The van der Waals surface area contributed by atoms with E-state index < -0.39 is 5.97 Å². The molecule has 3 rings (SSSR count). The molecule has 1 aromatic carbocycles. The normalized spacial score (nSPS) is 16.6. The van der Waals surface area contributed by atoms with Gasteiger partial charge in [0.15, 0.2) is 0 Å². The maximum atomic E-state index is 11.2. The molecular formula is C14H16N4O2. The highest BCUT2D eigenvalue weighted by Crippen LogP contribution is 2.27. The number of rotatable bonds is 4. The lowest BCUT2D eigenvalue weighted by atomic mass is 10.0. The number of hydrogen-bond donors (Lipinski definition) is 1. The molecule has 1 atom stereocenters. The first kappa shape index (κ1) is 12.8. The van der Waals surface area contributed by atoms with Crippen LogP contribution in [0.5, 0.6) is 0 Å². The van der Waals surface area contributed by atoms with Gasteiger partial charge in [-0.3, -0.25) is 9.69 Å². The van der Waals surface area contributed by atoms with Crippen molar-refractivity contribution in [3.63, 3.8) is 0 Å². The fraction of sp³-hybridized carbons (Fsp3) is 0.357. The van der Waals surface area contributed by atoms with Crippen molar-refractivity contribution in [1.29, 1.82) is 0 Å². The van der Waals surface area contributed by atoms with Gasteiger partial charge >= 0.3 is 5.97 Å². The summed E-state index contributed by atoms with van der Waals surface area (Å²) >= 11 is 0. The van der Waals surface area contributed by atoms with Crippen LogP contribution in [0.3, 0.4) is 0 Å². The van der Waals surface area contributed by atoms with Gasteiger partial charge in [0.05, 0.1) is 13.0 Å². The highest BCUT2D eigenvalue weighted by atomic mass is 16.4. The van der Waals surface area contributed by atoms with Crippen LogP contribution in [0.4, 0.5) is 0 Å². The number of carboxylic acid groups (broad SMARTS) is 1. The van der Waals surface area contributed by atoms with Crippen LogP contribution in [-0.4, -0.2) is 37.3 Å². The predicted octanol–water partition coefficient (Wildman–Crippen LogP) is 1.31. The van der Waals surface area contributed by atoms with Crippen molar-refractivity contribution in [2.75, 3.05) is 6.54 Å². The Balaban J connectivity index is 1.85. The molecule has 2 aromatic rings. The van der Waals surface area contributed by atoms with Crippen LogP contribution in [0.1, 0.15) is 23.9 Å². The fourth-order valence-corrected chi connectivity index (χ4v) is 2.65. The predicted molar refractivity (Wildman–Crippen MR) is 71.9 cm³/mol. The van der Waals surface area contributed by atoms with Gasteiger partial charge in [0.25, 0.3) is 0 Å². The summed E-state index contributed by atoms with van der Waals surface area (Å²) in [5.74, 6) is 0.105. The largest absolute Gasteiger partial charge is 0.481 e. The number of benzene rings is 1. The molecule has 104 valence electrons. The molecule has 1 aliphatic rings. The SMILES string of the molecule is O=C(O)CC(c1ccccc1)N1CCn2cnnc2C1. The molecule has 0 aliphatic carbocycles. The highest BCUT2D eigenvalue weighted by Gasteiger charge is 2.27. The fourth-order valence-electron chi connectivity index (χ4n) is 2.65. The van der Waals surface area contributed by atoms with Crippen LogP contribution in [0.15, 0.2) is 36.7 Å². The molecule has 0 spiro atoms. The number of carbonyl (C=O) groups is 1. The van der Waals surface area contributed by atoms with Crippen LogP contribution < -0.4 is 0 Å². The average Bonchev–Trinajstić information content (AvgIpc) is 2.93. The Morgan fingerprint density at radius 2 is 2.10 bits per heavy atom. The van der Waals surface area contributed by atoms with Crippen molar-refractivity contribution in [3.8, 4) is 0 Å². The maximum absolute atomic E-state index is 11.2. The van der Waals surface area contributed by atoms with Crippen LogP contribution in [0.25, 0.3) is 0 Å². The Morgan fingerprint density at radius 1 is 1.30 bits per heavy atom. The smallest absolute Gasteiger partial charge is 0.305 e. The topological polar surface area (TPSA) is 71.2 Å². The van der Waals surface area contributed by atoms with Crippen LogP contribution in [-0.2, 0) is 17.9 Å². The van der Waals surface area contributed by atoms with Crippen LogP contribution in [0, 0.1) is 0 Å². The zero-order valence-electron chi connectivity index (χ0n) is 11.0. The second kappa shape index (κ2) is 5.42. The number of fused-ring (bicyclic) bond motifs is 1. The van der Waals surface area contributed by atoms with Gasteiger partial charge in [-0.25, -0.2) is 0 Å². The molecule has 1 aromatic heterocycles. The van der Waals surface area contributed by atoms with Crippen molar-refractivity contribution < 1.29 is 9.90 Å². The van der Waals surface area contributed by atoms with Gasteiger partial charge in [-0.05, 0) is 5.56 Å². The highest BCUT2D eigenvalue weighted by molar-refractivity contribution is 5.68. The van der Waals surface area contributed by atoms with E-state index in [4.69, 9.17) is 0 Å². The van der Waals surface area contributed by atoms with Gasteiger partial charge in [-0.1, -0.05) is 30.3 Å². The van der Waals surface area contributed by atoms with E-state index in [1.807, 2.05) is 34.9 Å². The van der Waals surface area contributed by atoms with Gasteiger partial charge in [-0.2, -0.15) is 0 Å². The third-order valence-electron chi connectivity index (χ3n) is 3.66. The minimum absolute atomic E-state index is 0.0954. The lowest BCUT2D eigenvalue weighted by molar-refractivity contribution is -0.138. The summed E-state index contributed by atoms with van der Waals surface area (Å²) < 4.78 is 2.01. The summed E-state index contributed by atoms with van der Waals surface area (Å²) in [6, 6.07) is 9.65. The summed E-state index contributed by atoms with van der Waals surface area (Å²) in [6.45, 7) is 2.23. The number of aliphatic carboxylic acids is 1. The number of nitrogens with zero attached hydrogens (tertiary/aromatic N) is 4. The summed E-state index contributed by atoms with van der Waals surface area (Å²) in [7, 11) is 0. The van der Waals surface area contributed by atoms with E-state index in [0.29, 0.717) is 6.54 Å². The first-order valence-corrected chi connectivity index (χ1v) is 6.61. The van der Waals surface area contributed by atoms with E-state index in [0.717, 1.165) is 24.5 Å². The van der Waals surface area contributed by atoms with Crippen molar-refractivity contribution in [1.82, 2.24) is 19.7 Å². The molecule has 0 fully saturated rings. The third kappa shape index (κ3) is 2.55. The molecule has 0 radical (unpaired) electrons. The Bertz CT molecular complexity index is 596. The molecular weight excluding hydrogens is 256 g/mol. The van der Waals surface area contributed by atoms with Crippen molar-refractivity contribution in [3.05, 3.63) is 48.0 Å². The summed E-state index contributed by atoms with van der Waals surface area (Å²) in [5, 5.41) is 17.2. The van der Waals surface area contributed by atoms with E-state index in [1.165, 1.54) is 0 Å². The van der Waals surface area contributed by atoms with Gasteiger partial charge < -0.3 is 9.67 Å². The molecule has 2 heterocycles. The van der Waals surface area contributed by atoms with Gasteiger partial charge in [0, 0.05) is 19.1 Å². The van der Waals surface area contributed by atoms with Gasteiger partial charge in [-0.15, -0.1) is 10.2 Å². The van der Waals surface area contributed by atoms with Gasteiger partial charge in [0.2, 0.25) is 0 Å². The molecule has 0 amide bonds. The first-order valence-electron chi connectivity index (χ1n) is 6.61. The molecule has 6 heteroatoms. The van der Waals surface area contributed by atoms with E-state index in [-0.39, 0.29) is 12.5 Å². The first-order chi connectivity index (χ1) is 9.74. The Hall–Kier alpha value is -2.21. The number of hydrogen-bond acceptors (Lipinski definition) is 4. The Labute approximate surface area is 116 Å². The minimum Gasteiger partial charge on any atom is -0.481 e. The van der Waals surface area contributed by atoms with Crippen molar-refractivity contribution >= 4 is 5.97 Å². The van der Waals surface area contributed by atoms with E-state index >= 15 is 0 Å². The standard InChI is InChI=1S/C14H16N4O2/c19-14(20)8-12(11-4-2-1-3-5-11)17-6-7-18-10-15-16-13(18)9-17/h1-5,10,12H,6-9H2,(H,19,20). The lowest BCUT2D eigenvalue weighted by Crippen LogP contribution is -2.37. The maximum Gasteiger partial charge on any atom is 0.305 e. The molecule has 1 unspecified atom stereocenters. The Morgan fingerprint density at radius 3 is 2.85 bits per heavy atom. The molecule has 1 aliphatic heterocycles. The quantitative estimate of drug-likeness (QED) is 0.908. The number of aromatic nitrogens is 3. The van der Waals surface area contributed by atoms with Crippen LogP contribution in [0.2, 0.25) is 0 Å². The Kier molecular flexibility index (Phi) is 3.47. The molecule has 6 nitrogen and oxygen atoms in total. The summed E-state index contributed by atoms with van der Waals surface area (Å²) in [6.07, 6.45) is 1.82. The lowest BCUT2D eigenvalue weighted by Gasteiger charge is -2.34. The molecule has 0 bridgehead atoms. The minimum atomic E-state index is -0.786. The van der Waals surface area contributed by atoms with Crippen LogP contribution >= 0.6 is 0 Å². The molecule has 0 saturated heterocycles. The molecule has 0 saturated carbocycles.